The summed E-state index contributed by atoms with van der Waals surface area (Å²) in [5.74, 6) is -0.866. The molecule has 0 aliphatic carbocycles. The van der Waals surface area contributed by atoms with E-state index in [1.54, 1.807) is 10.6 Å². The molecule has 5 nitrogen and oxygen atoms in total. The average molecular weight is 350 g/mol. The van der Waals surface area contributed by atoms with Crippen molar-refractivity contribution in [3.63, 3.8) is 0 Å². The second-order valence-electron chi connectivity index (χ2n) is 4.00. The van der Waals surface area contributed by atoms with E-state index in [1.165, 1.54) is 0 Å². The largest absolute Gasteiger partial charge is 0.477 e. The van der Waals surface area contributed by atoms with Crippen molar-refractivity contribution in [1.29, 1.82) is 0 Å². The monoisotopic (exact) mass is 350 g/mol. The van der Waals surface area contributed by atoms with Crippen molar-refractivity contribution in [1.82, 2.24) is 9.47 Å². The van der Waals surface area contributed by atoms with Gasteiger partial charge in [0.15, 0.2) is 0 Å². The molecule has 2 rings (SSSR count). The Balaban J connectivity index is 1.95. The van der Waals surface area contributed by atoms with E-state index in [4.69, 9.17) is 9.84 Å². The highest BCUT2D eigenvalue weighted by molar-refractivity contribution is 14.1. The van der Waals surface area contributed by atoms with Crippen LogP contribution in [0.1, 0.15) is 10.5 Å². The number of halogens is 1. The van der Waals surface area contributed by atoms with Crippen LogP contribution in [-0.2, 0) is 11.3 Å². The third-order valence-corrected chi connectivity index (χ3v) is 3.43. The summed E-state index contributed by atoms with van der Waals surface area (Å²) in [6.07, 6.45) is 1.88. The molecular weight excluding hydrogens is 335 g/mol. The number of morpholine rings is 1. The van der Waals surface area contributed by atoms with Crippen LogP contribution in [0.4, 0.5) is 0 Å². The Morgan fingerprint density at radius 3 is 2.76 bits per heavy atom. The summed E-state index contributed by atoms with van der Waals surface area (Å²) in [7, 11) is 0. The predicted octanol–water partition coefficient (Wildman–Crippen LogP) is 1.12. The maximum atomic E-state index is 11.0. The number of aromatic nitrogens is 1. The van der Waals surface area contributed by atoms with Crippen molar-refractivity contribution in [2.45, 2.75) is 6.54 Å². The molecule has 1 N–H and O–H groups in total. The zero-order valence-corrected chi connectivity index (χ0v) is 11.6. The molecule has 2 heterocycles. The molecule has 1 aliphatic rings. The molecule has 0 unspecified atom stereocenters. The van der Waals surface area contributed by atoms with Gasteiger partial charge in [0.1, 0.15) is 5.69 Å². The molecule has 0 bridgehead atoms. The van der Waals surface area contributed by atoms with Gasteiger partial charge in [-0.05, 0) is 28.7 Å². The van der Waals surface area contributed by atoms with Crippen LogP contribution in [0.2, 0.25) is 0 Å². The Morgan fingerprint density at radius 2 is 2.12 bits per heavy atom. The van der Waals surface area contributed by atoms with Crippen LogP contribution >= 0.6 is 22.6 Å². The summed E-state index contributed by atoms with van der Waals surface area (Å²) in [6, 6.07) is 1.70. The van der Waals surface area contributed by atoms with E-state index < -0.39 is 5.97 Å². The Morgan fingerprint density at radius 1 is 1.41 bits per heavy atom. The number of carboxylic acid groups (broad SMARTS) is 1. The van der Waals surface area contributed by atoms with Crippen molar-refractivity contribution < 1.29 is 14.6 Å². The number of aromatic carboxylic acids is 1. The normalized spacial score (nSPS) is 17.2. The number of rotatable bonds is 4. The van der Waals surface area contributed by atoms with Crippen molar-refractivity contribution in [2.24, 2.45) is 0 Å². The Bertz CT molecular complexity index is 399. The highest BCUT2D eigenvalue weighted by atomic mass is 127. The van der Waals surface area contributed by atoms with Crippen LogP contribution in [0, 0.1) is 3.57 Å². The minimum absolute atomic E-state index is 0.364. The fraction of sp³-hybridized carbons (Fsp3) is 0.545. The number of hydrogen-bond donors (Lipinski definition) is 1. The topological polar surface area (TPSA) is 54.7 Å². The van der Waals surface area contributed by atoms with Crippen LogP contribution in [-0.4, -0.2) is 53.4 Å². The smallest absolute Gasteiger partial charge is 0.352 e. The number of ether oxygens (including phenoxy) is 1. The van der Waals surface area contributed by atoms with Gasteiger partial charge in [-0.25, -0.2) is 4.79 Å². The van der Waals surface area contributed by atoms with Gasteiger partial charge in [-0.1, -0.05) is 0 Å². The van der Waals surface area contributed by atoms with Crippen LogP contribution in [0.25, 0.3) is 0 Å². The van der Waals surface area contributed by atoms with Gasteiger partial charge in [-0.15, -0.1) is 0 Å². The lowest BCUT2D eigenvalue weighted by molar-refractivity contribution is 0.0361. The minimum atomic E-state index is -0.866. The van der Waals surface area contributed by atoms with Crippen LogP contribution in [0.3, 0.4) is 0 Å². The number of nitrogens with zero attached hydrogens (tertiary/aromatic N) is 2. The van der Waals surface area contributed by atoms with Gasteiger partial charge in [0, 0.05) is 35.9 Å². The molecule has 0 amide bonds. The molecule has 0 saturated carbocycles. The molecule has 1 aromatic heterocycles. The minimum Gasteiger partial charge on any atom is -0.477 e. The highest BCUT2D eigenvalue weighted by Crippen LogP contribution is 2.11. The second-order valence-corrected chi connectivity index (χ2v) is 5.24. The third kappa shape index (κ3) is 3.43. The standard InChI is InChI=1S/C11H15IN2O3/c12-9-7-10(11(15)16)14(8-9)2-1-13-3-5-17-6-4-13/h7-8H,1-6H2,(H,15,16). The predicted molar refractivity (Wildman–Crippen MR) is 71.4 cm³/mol. The molecule has 1 aliphatic heterocycles. The van der Waals surface area contributed by atoms with E-state index in [0.717, 1.165) is 36.4 Å². The summed E-state index contributed by atoms with van der Waals surface area (Å²) in [4.78, 5) is 13.3. The summed E-state index contributed by atoms with van der Waals surface area (Å²) in [5, 5.41) is 9.06. The molecule has 1 aromatic rings. The van der Waals surface area contributed by atoms with Gasteiger partial charge in [0.25, 0.3) is 0 Å². The number of hydrogen-bond acceptors (Lipinski definition) is 3. The molecule has 6 heteroatoms. The first-order valence-electron chi connectivity index (χ1n) is 5.56. The van der Waals surface area contributed by atoms with Gasteiger partial charge in [0.2, 0.25) is 0 Å². The lowest BCUT2D eigenvalue weighted by atomic mass is 10.4. The zero-order valence-electron chi connectivity index (χ0n) is 9.43. The van der Waals surface area contributed by atoms with Gasteiger partial charge in [0.05, 0.1) is 13.2 Å². The summed E-state index contributed by atoms with van der Waals surface area (Å²) in [5.41, 5.74) is 0.364. The molecule has 0 radical (unpaired) electrons. The van der Waals surface area contributed by atoms with E-state index in [-0.39, 0.29) is 0 Å². The van der Waals surface area contributed by atoms with Crippen molar-refractivity contribution in [3.05, 3.63) is 21.5 Å². The lowest BCUT2D eigenvalue weighted by Gasteiger charge is -2.26. The quantitative estimate of drug-likeness (QED) is 0.827. The zero-order chi connectivity index (χ0) is 12.3. The number of carbonyl (C=O) groups is 1. The second kappa shape index (κ2) is 5.83. The van der Waals surface area contributed by atoms with Crippen LogP contribution in [0.5, 0.6) is 0 Å². The first-order valence-corrected chi connectivity index (χ1v) is 6.64. The summed E-state index contributed by atoms with van der Waals surface area (Å²) in [6.45, 7) is 4.99. The Hall–Kier alpha value is -0.600. The van der Waals surface area contributed by atoms with E-state index in [1.807, 2.05) is 6.20 Å². The molecule has 0 spiro atoms. The van der Waals surface area contributed by atoms with Gasteiger partial charge < -0.3 is 14.4 Å². The number of carboxylic acids is 1. The molecule has 94 valence electrons. The van der Waals surface area contributed by atoms with Gasteiger partial charge >= 0.3 is 5.97 Å². The van der Waals surface area contributed by atoms with E-state index in [9.17, 15) is 4.79 Å². The Kier molecular flexibility index (Phi) is 4.41. The van der Waals surface area contributed by atoms with E-state index >= 15 is 0 Å². The first kappa shape index (κ1) is 12.8. The van der Waals surface area contributed by atoms with Gasteiger partial charge in [-0.2, -0.15) is 0 Å². The molecular formula is C11H15IN2O3. The molecule has 0 aromatic carbocycles. The lowest BCUT2D eigenvalue weighted by Crippen LogP contribution is -2.38. The fourth-order valence-electron chi connectivity index (χ4n) is 1.91. The maximum absolute atomic E-state index is 11.0. The third-order valence-electron chi connectivity index (χ3n) is 2.84. The Labute approximate surface area is 113 Å². The average Bonchev–Trinajstić information content (AvgIpc) is 2.69. The molecule has 1 saturated heterocycles. The van der Waals surface area contributed by atoms with Crippen molar-refractivity contribution in [2.75, 3.05) is 32.8 Å². The first-order chi connectivity index (χ1) is 8.16. The van der Waals surface area contributed by atoms with Gasteiger partial charge in [-0.3, -0.25) is 4.90 Å². The van der Waals surface area contributed by atoms with E-state index in [2.05, 4.69) is 27.5 Å². The molecule has 1 fully saturated rings. The van der Waals surface area contributed by atoms with Crippen molar-refractivity contribution in [3.8, 4) is 0 Å². The molecule has 17 heavy (non-hydrogen) atoms. The fourth-order valence-corrected chi connectivity index (χ4v) is 2.54. The van der Waals surface area contributed by atoms with Crippen LogP contribution < -0.4 is 0 Å². The maximum Gasteiger partial charge on any atom is 0.352 e. The highest BCUT2D eigenvalue weighted by Gasteiger charge is 2.14. The van der Waals surface area contributed by atoms with Crippen molar-refractivity contribution >= 4 is 28.6 Å². The summed E-state index contributed by atoms with van der Waals surface area (Å²) < 4.78 is 8.04. The SMILES string of the molecule is O=C(O)c1cc(I)cn1CCN1CCOCC1. The van der Waals surface area contributed by atoms with E-state index in [0.29, 0.717) is 12.2 Å². The molecule has 0 atom stereocenters. The van der Waals surface area contributed by atoms with Crippen LogP contribution in [0.15, 0.2) is 12.3 Å². The summed E-state index contributed by atoms with van der Waals surface area (Å²) >= 11 is 2.14.